The Bertz CT molecular complexity index is 1050. The summed E-state index contributed by atoms with van der Waals surface area (Å²) in [6.07, 6.45) is 1.37. The van der Waals surface area contributed by atoms with E-state index in [2.05, 4.69) is 15.2 Å². The van der Waals surface area contributed by atoms with Crippen LogP contribution in [0.25, 0.3) is 11.3 Å². The van der Waals surface area contributed by atoms with Gasteiger partial charge in [0.2, 0.25) is 0 Å². The van der Waals surface area contributed by atoms with Crippen molar-refractivity contribution in [3.05, 3.63) is 40.3 Å². The first-order valence-corrected chi connectivity index (χ1v) is 10.4. The molecule has 3 N–H and O–H groups in total. The number of halogens is 4. The largest absolute Gasteiger partial charge is 0.365 e. The second-order valence-electron chi connectivity index (χ2n) is 7.80. The summed E-state index contributed by atoms with van der Waals surface area (Å²) >= 11 is 5.87. The van der Waals surface area contributed by atoms with Crippen molar-refractivity contribution in [1.29, 1.82) is 0 Å². The van der Waals surface area contributed by atoms with Crippen LogP contribution in [0.5, 0.6) is 0 Å². The van der Waals surface area contributed by atoms with E-state index in [1.165, 1.54) is 23.1 Å². The summed E-state index contributed by atoms with van der Waals surface area (Å²) in [5.41, 5.74) is 6.89. The zero-order valence-corrected chi connectivity index (χ0v) is 17.6. The van der Waals surface area contributed by atoms with E-state index < -0.39 is 18.3 Å². The van der Waals surface area contributed by atoms with Crippen LogP contribution in [0.4, 0.5) is 18.0 Å². The van der Waals surface area contributed by atoms with Crippen LogP contribution in [0.3, 0.4) is 0 Å². The Morgan fingerprint density at radius 2 is 2.09 bits per heavy atom. The maximum absolute atomic E-state index is 13.5. The Morgan fingerprint density at radius 3 is 2.72 bits per heavy atom. The molecule has 3 amide bonds. The molecular weight excluding hydrogens is 451 g/mol. The highest BCUT2D eigenvalue weighted by atomic mass is 35.5. The van der Waals surface area contributed by atoms with Crippen molar-refractivity contribution in [1.82, 2.24) is 20.0 Å². The average molecular weight is 472 g/mol. The van der Waals surface area contributed by atoms with Gasteiger partial charge >= 0.3 is 12.6 Å². The van der Waals surface area contributed by atoms with Gasteiger partial charge in [-0.25, -0.2) is 9.18 Å². The lowest BCUT2D eigenvalue weighted by molar-refractivity contribution is -0.146. The van der Waals surface area contributed by atoms with E-state index in [9.17, 15) is 22.8 Å². The highest BCUT2D eigenvalue weighted by Gasteiger charge is 2.35. The lowest BCUT2D eigenvalue weighted by atomic mass is 9.80. The molecule has 2 aliphatic rings. The Balaban J connectivity index is 1.51. The minimum Gasteiger partial charge on any atom is -0.365 e. The number of nitrogens with two attached hydrogens (primary N) is 1. The zero-order chi connectivity index (χ0) is 23.0. The summed E-state index contributed by atoms with van der Waals surface area (Å²) < 4.78 is 44.0. The fourth-order valence-electron chi connectivity index (χ4n) is 4.00. The fraction of sp³-hybridized carbons (Fsp3) is 0.450. The Morgan fingerprint density at radius 1 is 1.31 bits per heavy atom. The first kappa shape index (κ1) is 22.4. The van der Waals surface area contributed by atoms with Crippen LogP contribution in [-0.2, 0) is 17.8 Å². The zero-order valence-electron chi connectivity index (χ0n) is 16.9. The number of primary amides is 1. The van der Waals surface area contributed by atoms with Gasteiger partial charge in [-0.1, -0.05) is 11.6 Å². The first-order chi connectivity index (χ1) is 15.2. The molecule has 32 heavy (non-hydrogen) atoms. The predicted octanol–water partition coefficient (Wildman–Crippen LogP) is 2.98. The van der Waals surface area contributed by atoms with E-state index in [-0.39, 0.29) is 47.4 Å². The second kappa shape index (κ2) is 8.99. The Kier molecular flexibility index (Phi) is 6.29. The SMILES string of the molecule is NC(=O)c1c(-c2ccc(F)c(Cl)c2)nn2c1CN(C(=O)N[C@@H]1CC[C@H]1COC(F)F)CC2. The number of alkyl halides is 2. The quantitative estimate of drug-likeness (QED) is 0.676. The van der Waals surface area contributed by atoms with Gasteiger partial charge in [0.1, 0.15) is 11.5 Å². The van der Waals surface area contributed by atoms with Crippen molar-refractivity contribution >= 4 is 23.5 Å². The molecule has 1 aliphatic heterocycles. The second-order valence-corrected chi connectivity index (χ2v) is 8.20. The number of benzene rings is 1. The maximum atomic E-state index is 13.5. The van der Waals surface area contributed by atoms with Crippen LogP contribution in [0.2, 0.25) is 5.02 Å². The molecule has 1 aromatic carbocycles. The first-order valence-electron chi connectivity index (χ1n) is 10.0. The minimum absolute atomic E-state index is 0.0803. The molecule has 1 fully saturated rings. The van der Waals surface area contributed by atoms with Crippen LogP contribution < -0.4 is 11.1 Å². The summed E-state index contributed by atoms with van der Waals surface area (Å²) in [7, 11) is 0. The van der Waals surface area contributed by atoms with Gasteiger partial charge in [-0.2, -0.15) is 13.9 Å². The van der Waals surface area contributed by atoms with Gasteiger partial charge in [-0.3, -0.25) is 9.48 Å². The molecule has 1 saturated carbocycles. The number of hydrogen-bond acceptors (Lipinski definition) is 4. The topological polar surface area (TPSA) is 102 Å². The number of nitrogens with zero attached hydrogens (tertiary/aromatic N) is 3. The molecule has 2 aromatic rings. The third-order valence-corrected chi connectivity index (χ3v) is 6.16. The van der Waals surface area contributed by atoms with E-state index in [4.69, 9.17) is 17.3 Å². The number of ether oxygens (including phenoxy) is 1. The number of nitrogens with one attached hydrogen (secondary N) is 1. The molecule has 8 nitrogen and oxygen atoms in total. The molecule has 2 atom stereocenters. The molecule has 1 aromatic heterocycles. The summed E-state index contributed by atoms with van der Waals surface area (Å²) in [5.74, 6) is -1.50. The Labute approximate surface area is 186 Å². The van der Waals surface area contributed by atoms with Crippen LogP contribution in [0, 0.1) is 11.7 Å². The average Bonchev–Trinajstić information content (AvgIpc) is 3.11. The molecule has 1 aliphatic carbocycles. The molecule has 172 valence electrons. The van der Waals surface area contributed by atoms with Crippen LogP contribution in [-0.4, -0.2) is 52.4 Å². The fourth-order valence-corrected chi connectivity index (χ4v) is 4.18. The lowest BCUT2D eigenvalue weighted by Gasteiger charge is -2.38. The van der Waals surface area contributed by atoms with Gasteiger partial charge in [0, 0.05) is 24.1 Å². The molecule has 2 heterocycles. The molecule has 12 heteroatoms. The molecular formula is C20H21ClF3N5O3. The maximum Gasteiger partial charge on any atom is 0.345 e. The van der Waals surface area contributed by atoms with Gasteiger partial charge in [-0.05, 0) is 31.0 Å². The molecule has 4 rings (SSSR count). The van der Waals surface area contributed by atoms with Crippen molar-refractivity contribution in [2.45, 2.75) is 38.6 Å². The molecule has 0 saturated heterocycles. The highest BCUT2D eigenvalue weighted by Crippen LogP contribution is 2.31. The number of hydrogen-bond donors (Lipinski definition) is 2. The number of urea groups is 1. The predicted molar refractivity (Wildman–Crippen MR) is 109 cm³/mol. The third-order valence-electron chi connectivity index (χ3n) is 5.87. The van der Waals surface area contributed by atoms with Crippen LogP contribution in [0.15, 0.2) is 18.2 Å². The number of amides is 3. The van der Waals surface area contributed by atoms with Crippen LogP contribution >= 0.6 is 11.6 Å². The molecule has 0 unspecified atom stereocenters. The summed E-state index contributed by atoms with van der Waals surface area (Å²) in [6.45, 7) is -2.23. The number of fused-ring (bicyclic) bond motifs is 1. The number of carbonyl (C=O) groups is 2. The summed E-state index contributed by atoms with van der Waals surface area (Å²) in [4.78, 5) is 26.5. The van der Waals surface area contributed by atoms with Crippen molar-refractivity contribution in [3.63, 3.8) is 0 Å². The van der Waals surface area contributed by atoms with E-state index in [1.807, 2.05) is 0 Å². The van der Waals surface area contributed by atoms with Gasteiger partial charge in [0.25, 0.3) is 5.91 Å². The highest BCUT2D eigenvalue weighted by molar-refractivity contribution is 6.31. The van der Waals surface area contributed by atoms with Gasteiger partial charge < -0.3 is 20.7 Å². The molecule has 0 radical (unpaired) electrons. The number of aromatic nitrogens is 2. The monoisotopic (exact) mass is 471 g/mol. The van der Waals surface area contributed by atoms with E-state index in [1.54, 1.807) is 4.68 Å². The van der Waals surface area contributed by atoms with Gasteiger partial charge in [0.15, 0.2) is 0 Å². The smallest absolute Gasteiger partial charge is 0.345 e. The normalized spacial score (nSPS) is 20.1. The van der Waals surface area contributed by atoms with Crippen molar-refractivity contribution < 1.29 is 27.5 Å². The minimum atomic E-state index is -2.84. The standard InChI is InChI=1S/C20H21ClF3N5O3/c21-12-7-10(1-3-13(12)22)17-16(18(25)30)15-8-28(5-6-29(15)27-17)20(31)26-14-4-2-11(14)9-32-19(23)24/h1,3,7,11,14,19H,2,4-6,8-9H2,(H2,25,30)(H,26,31)/t11-,14+/m0/s1. The molecule has 0 bridgehead atoms. The van der Waals surface area contributed by atoms with Crippen LogP contribution in [0.1, 0.15) is 28.9 Å². The van der Waals surface area contributed by atoms with Crippen molar-refractivity contribution in [2.75, 3.05) is 13.2 Å². The van der Waals surface area contributed by atoms with Gasteiger partial charge in [-0.15, -0.1) is 0 Å². The Hall–Kier alpha value is -2.79. The van der Waals surface area contributed by atoms with Gasteiger partial charge in [0.05, 0.1) is 36.0 Å². The summed E-state index contributed by atoms with van der Waals surface area (Å²) in [5, 5.41) is 7.17. The molecule has 0 spiro atoms. The third kappa shape index (κ3) is 4.40. The van der Waals surface area contributed by atoms with E-state index in [0.717, 1.165) is 0 Å². The van der Waals surface area contributed by atoms with E-state index in [0.29, 0.717) is 37.2 Å². The number of rotatable bonds is 6. The van der Waals surface area contributed by atoms with Crippen molar-refractivity contribution in [2.24, 2.45) is 11.7 Å². The lowest BCUT2D eigenvalue weighted by Crippen LogP contribution is -2.54. The summed E-state index contributed by atoms with van der Waals surface area (Å²) in [6, 6.07) is 3.37. The van der Waals surface area contributed by atoms with E-state index >= 15 is 0 Å². The van der Waals surface area contributed by atoms with Crippen molar-refractivity contribution in [3.8, 4) is 11.3 Å². The number of carbonyl (C=O) groups excluding carboxylic acids is 2.